The SMILES string of the molecule is O=C(O)C1(CN2CCC(CN[C@@H]3C[C@H]3c3ccccc3)(COc3ccc(F)cn3)CC2)CC1. The maximum Gasteiger partial charge on any atom is 0.310 e. The van der Waals surface area contributed by atoms with E-state index in [9.17, 15) is 14.3 Å². The molecule has 3 aliphatic rings. The molecule has 3 fully saturated rings. The molecule has 1 aromatic heterocycles. The number of nitrogens with one attached hydrogen (secondary N) is 1. The molecule has 33 heavy (non-hydrogen) atoms. The van der Waals surface area contributed by atoms with Gasteiger partial charge in [0.2, 0.25) is 5.88 Å². The molecule has 1 saturated heterocycles. The zero-order valence-corrected chi connectivity index (χ0v) is 18.9. The average Bonchev–Trinajstić information content (AvgIpc) is 3.76. The first-order chi connectivity index (χ1) is 16.0. The van der Waals surface area contributed by atoms with Gasteiger partial charge in [0, 0.05) is 36.5 Å². The van der Waals surface area contributed by atoms with E-state index in [1.165, 1.54) is 17.8 Å². The van der Waals surface area contributed by atoms with Crippen molar-refractivity contribution in [1.82, 2.24) is 15.2 Å². The van der Waals surface area contributed by atoms with Crippen molar-refractivity contribution in [2.45, 2.75) is 44.1 Å². The Labute approximate surface area is 194 Å². The molecule has 2 N–H and O–H groups in total. The van der Waals surface area contributed by atoms with Gasteiger partial charge in [0.25, 0.3) is 0 Å². The number of carboxylic acid groups (broad SMARTS) is 1. The Bertz CT molecular complexity index is 957. The number of hydrogen-bond donors (Lipinski definition) is 2. The predicted octanol–water partition coefficient (Wildman–Crippen LogP) is 3.69. The largest absolute Gasteiger partial charge is 0.481 e. The van der Waals surface area contributed by atoms with E-state index >= 15 is 0 Å². The molecule has 0 spiro atoms. The molecule has 2 aliphatic carbocycles. The molecule has 1 aromatic carbocycles. The fourth-order valence-corrected chi connectivity index (χ4v) is 5.09. The van der Waals surface area contributed by atoms with Crippen molar-refractivity contribution in [3.8, 4) is 5.88 Å². The molecule has 0 amide bonds. The Hall–Kier alpha value is -2.51. The quantitative estimate of drug-likeness (QED) is 0.572. The zero-order valence-electron chi connectivity index (χ0n) is 18.9. The number of aliphatic carboxylic acids is 1. The molecule has 2 heterocycles. The Morgan fingerprint density at radius 1 is 1.15 bits per heavy atom. The second-order valence-corrected chi connectivity index (χ2v) is 10.2. The lowest BCUT2D eigenvalue weighted by atomic mass is 9.78. The van der Waals surface area contributed by atoms with Crippen LogP contribution in [0, 0.1) is 16.6 Å². The number of hydrogen-bond acceptors (Lipinski definition) is 5. The molecule has 2 atom stereocenters. The summed E-state index contributed by atoms with van der Waals surface area (Å²) in [5.74, 6) is -0.0320. The van der Waals surface area contributed by atoms with Crippen LogP contribution >= 0.6 is 0 Å². The first-order valence-electron chi connectivity index (χ1n) is 12.0. The van der Waals surface area contributed by atoms with E-state index in [0.29, 0.717) is 31.0 Å². The molecule has 6 nitrogen and oxygen atoms in total. The van der Waals surface area contributed by atoms with E-state index in [1.54, 1.807) is 6.07 Å². The molecular weight excluding hydrogens is 421 g/mol. The van der Waals surface area contributed by atoms with Crippen molar-refractivity contribution in [2.24, 2.45) is 10.8 Å². The van der Waals surface area contributed by atoms with E-state index in [4.69, 9.17) is 4.74 Å². The normalized spacial score (nSPS) is 25.4. The fraction of sp³-hybridized carbons (Fsp3) is 0.538. The Morgan fingerprint density at radius 2 is 1.91 bits per heavy atom. The zero-order chi connectivity index (χ0) is 22.9. The summed E-state index contributed by atoms with van der Waals surface area (Å²) >= 11 is 0. The standard InChI is InChI=1S/C26H32FN3O3/c27-20-6-7-23(28-15-20)33-18-25(16-29-22-14-21(22)19-4-2-1-3-5-19)10-12-30(13-11-25)17-26(8-9-26)24(31)32/h1-7,15,21-22,29H,8-14,16-18H2,(H,31,32)/t21-,22+/m0/s1. The second-order valence-electron chi connectivity index (χ2n) is 10.2. The smallest absolute Gasteiger partial charge is 0.310 e. The molecule has 0 unspecified atom stereocenters. The predicted molar refractivity (Wildman–Crippen MR) is 123 cm³/mol. The van der Waals surface area contributed by atoms with E-state index in [1.807, 2.05) is 6.07 Å². The highest BCUT2D eigenvalue weighted by Crippen LogP contribution is 2.47. The highest BCUT2D eigenvalue weighted by atomic mass is 19.1. The lowest BCUT2D eigenvalue weighted by Crippen LogP contribution is -2.50. The van der Waals surface area contributed by atoms with Gasteiger partial charge in [-0.1, -0.05) is 30.3 Å². The summed E-state index contributed by atoms with van der Waals surface area (Å²) < 4.78 is 19.2. The maximum absolute atomic E-state index is 13.2. The average molecular weight is 454 g/mol. The second kappa shape index (κ2) is 9.03. The van der Waals surface area contributed by atoms with Crippen molar-refractivity contribution in [3.63, 3.8) is 0 Å². The number of aromatic nitrogens is 1. The Morgan fingerprint density at radius 3 is 2.55 bits per heavy atom. The fourth-order valence-electron chi connectivity index (χ4n) is 5.09. The topological polar surface area (TPSA) is 74.7 Å². The molecule has 1 aliphatic heterocycles. The van der Waals surface area contributed by atoms with Crippen LogP contribution in [-0.2, 0) is 4.79 Å². The molecule has 0 radical (unpaired) electrons. The lowest BCUT2D eigenvalue weighted by Gasteiger charge is -2.42. The third-order valence-electron chi connectivity index (χ3n) is 7.73. The summed E-state index contributed by atoms with van der Waals surface area (Å²) in [5, 5.41) is 13.3. The van der Waals surface area contributed by atoms with E-state index in [0.717, 1.165) is 51.7 Å². The van der Waals surface area contributed by atoms with Crippen LogP contribution < -0.4 is 10.1 Å². The van der Waals surface area contributed by atoms with Gasteiger partial charge in [-0.3, -0.25) is 4.79 Å². The number of pyridine rings is 1. The van der Waals surface area contributed by atoms with Crippen molar-refractivity contribution in [1.29, 1.82) is 0 Å². The summed E-state index contributed by atoms with van der Waals surface area (Å²) in [6.07, 6.45) is 5.76. The van der Waals surface area contributed by atoms with Gasteiger partial charge in [-0.25, -0.2) is 9.37 Å². The van der Waals surface area contributed by atoms with Gasteiger partial charge in [-0.05, 0) is 56.8 Å². The summed E-state index contributed by atoms with van der Waals surface area (Å²) in [5.41, 5.74) is 0.800. The number of piperidine rings is 1. The summed E-state index contributed by atoms with van der Waals surface area (Å²) in [6.45, 7) is 3.73. The number of benzene rings is 1. The number of carbonyl (C=O) groups is 1. The third kappa shape index (κ3) is 5.20. The molecule has 7 heteroatoms. The van der Waals surface area contributed by atoms with Crippen molar-refractivity contribution >= 4 is 5.97 Å². The lowest BCUT2D eigenvalue weighted by molar-refractivity contribution is -0.144. The highest BCUT2D eigenvalue weighted by Gasteiger charge is 2.52. The van der Waals surface area contributed by atoms with Gasteiger partial charge in [0.05, 0.1) is 18.2 Å². The Balaban J connectivity index is 1.20. The van der Waals surface area contributed by atoms with Gasteiger partial charge < -0.3 is 20.1 Å². The van der Waals surface area contributed by atoms with E-state index in [-0.39, 0.29) is 11.2 Å². The monoisotopic (exact) mass is 453 g/mol. The van der Waals surface area contributed by atoms with Crippen LogP contribution in [-0.4, -0.2) is 59.8 Å². The number of carboxylic acids is 1. The minimum absolute atomic E-state index is 0.0592. The first-order valence-corrected chi connectivity index (χ1v) is 12.0. The molecule has 2 saturated carbocycles. The minimum atomic E-state index is -0.660. The summed E-state index contributed by atoms with van der Waals surface area (Å²) in [7, 11) is 0. The van der Waals surface area contributed by atoms with Crippen molar-refractivity contribution in [3.05, 3.63) is 60.0 Å². The van der Waals surface area contributed by atoms with Gasteiger partial charge in [0.15, 0.2) is 0 Å². The van der Waals surface area contributed by atoms with Crippen molar-refractivity contribution in [2.75, 3.05) is 32.8 Å². The molecule has 176 valence electrons. The van der Waals surface area contributed by atoms with Gasteiger partial charge >= 0.3 is 5.97 Å². The Kier molecular flexibility index (Phi) is 6.10. The summed E-state index contributed by atoms with van der Waals surface area (Å²) in [6, 6.07) is 14.0. The van der Waals surface area contributed by atoms with E-state index < -0.39 is 11.4 Å². The minimum Gasteiger partial charge on any atom is -0.481 e. The van der Waals surface area contributed by atoms with Gasteiger partial charge in [-0.2, -0.15) is 0 Å². The van der Waals surface area contributed by atoms with Crippen LogP contribution in [0.25, 0.3) is 0 Å². The highest BCUT2D eigenvalue weighted by molar-refractivity contribution is 5.78. The number of halogens is 1. The van der Waals surface area contributed by atoms with Gasteiger partial charge in [-0.15, -0.1) is 0 Å². The number of rotatable bonds is 10. The molecule has 5 rings (SSSR count). The van der Waals surface area contributed by atoms with E-state index in [2.05, 4.69) is 39.5 Å². The van der Waals surface area contributed by atoms with Crippen LogP contribution in [0.5, 0.6) is 5.88 Å². The van der Waals surface area contributed by atoms with Crippen LogP contribution in [0.2, 0.25) is 0 Å². The summed E-state index contributed by atoms with van der Waals surface area (Å²) in [4.78, 5) is 18.0. The molecular formula is C26H32FN3O3. The van der Waals surface area contributed by atoms with Crippen molar-refractivity contribution < 1.29 is 19.0 Å². The van der Waals surface area contributed by atoms with Crippen LogP contribution in [0.1, 0.15) is 43.6 Å². The first kappa shape index (κ1) is 22.3. The maximum atomic E-state index is 13.2. The van der Waals surface area contributed by atoms with Gasteiger partial charge in [0.1, 0.15) is 5.82 Å². The number of nitrogens with zero attached hydrogens (tertiary/aromatic N) is 2. The van der Waals surface area contributed by atoms with Crippen LogP contribution in [0.15, 0.2) is 48.7 Å². The molecule has 0 bridgehead atoms. The van der Waals surface area contributed by atoms with Crippen LogP contribution in [0.4, 0.5) is 4.39 Å². The van der Waals surface area contributed by atoms with Crippen LogP contribution in [0.3, 0.4) is 0 Å². The number of likely N-dealkylation sites (tertiary alicyclic amines) is 1. The third-order valence-corrected chi connectivity index (χ3v) is 7.73. The number of ether oxygens (including phenoxy) is 1. The molecule has 2 aromatic rings.